The van der Waals surface area contributed by atoms with E-state index >= 15 is 0 Å². The summed E-state index contributed by atoms with van der Waals surface area (Å²) in [5, 5.41) is 41.4. The van der Waals surface area contributed by atoms with Crippen molar-refractivity contribution in [1.82, 2.24) is 25.1 Å². The first-order chi connectivity index (χ1) is 68.5. The summed E-state index contributed by atoms with van der Waals surface area (Å²) in [5.41, 5.74) is 2.40. The predicted molar refractivity (Wildman–Crippen MR) is 611 cm³/mol. The maximum Gasteiger partial charge on any atom is 2.00 e. The zero-order valence-electron chi connectivity index (χ0n) is 96.9. The zero-order chi connectivity index (χ0) is 111. The Hall–Kier alpha value is -6.36. The number of phenolic OH excluding ortho intramolecular Hbond substituents is 1. The number of benzene rings is 5. The number of amides is 4. The minimum Gasteiger partial charge on any atom is -1.00 e. The van der Waals surface area contributed by atoms with Gasteiger partial charge in [0.2, 0.25) is 0 Å². The Labute approximate surface area is 960 Å². The van der Waals surface area contributed by atoms with Crippen LogP contribution in [-0.2, 0) is 71.9 Å². The number of para-hydroxylation sites is 5. The number of Topliss-reactive ketones (excluding diaryl/α,β-unsaturated/α-hetero) is 1. The molecule has 1 unspecified atom stereocenters. The molecule has 5 aliphatic heterocycles. The summed E-state index contributed by atoms with van der Waals surface area (Å²) < 4.78 is 58.8. The Morgan fingerprint density at radius 1 is 0.507 bits per heavy atom. The van der Waals surface area contributed by atoms with Crippen molar-refractivity contribution in [1.29, 1.82) is 0 Å². The van der Waals surface area contributed by atoms with E-state index in [1.807, 2.05) is 138 Å². The molecule has 4 fully saturated rings. The number of rotatable bonds is 22. The van der Waals surface area contributed by atoms with Gasteiger partial charge < -0.3 is 108 Å². The number of nitrogens with zero attached hydrogens (tertiary/aromatic N) is 4. The van der Waals surface area contributed by atoms with E-state index in [2.05, 4.69) is 205 Å². The standard InChI is InChI=1S/C28H43NO5.C23H33NO4.C23H35NO3.C13H24N2O4.C12H13BrO.C6H4Br2O.C6H10.C5H11O.C4H9.ClH.Li.Mg/c1-26(2,3)23-18-20-12-10-14-22(24(20)33-23)28(31,15-8-9-17-32-7)21-13-11-16-29(19-21)25(30)34-27(4,5)6;1-22(2,3)18-13-15-9-7-11-17(20(15)27-18)19(25)16-10-8-12-24(14-16)21(26)28-23(4,5)6;1-22(2,3)20-15-17-9-7-11-19(21(17)27-20)23(25,12-5-6-14-26-4)18-10-8-13-24-16-18;1-13(2,3)19-12(17)15-8-6-7-10(9-15)11(16)14(4)18-5;1-12(2,3)10-7-8-5-4-6-9(13)11(8)14-10;7-4-2-1-3-5(8)6(4)9;1-5-6(2,3)4;1-3-4-5-6-2;1-3-4-2;;;/h10,12,14,18,21,31H,8-9,11,13,15-17,19H2,1-7H3;7,9,11,16,18H,8,10,12-14H2,1-6H3;7,9,11,15,18,24-25H,5-6,8,10,12-14,16H2,1-4H3;10H,6-9H2,1-5H3;4-7H,1-3H3;1-3,9H;1H,2-4H3;1,3-5H2,2H3;1,3-4H2,2H3;1H;;/q;;;;;;;2*-1;;+1;+2/p-1/t21-,28+;16-,18?;18-,23+;10-;;;;;;;;/m1111......../s1. The van der Waals surface area contributed by atoms with Crippen molar-refractivity contribution in [2.75, 3.05) is 108 Å². The van der Waals surface area contributed by atoms with Crippen molar-refractivity contribution in [3.8, 4) is 23.8 Å². The number of unbranched alkanes of at least 4 members (excludes halogenated alkanes) is 4. The molecule has 5 aliphatic rings. The number of piperidine rings is 4. The number of fused-ring (bicyclic) bond motifs is 4. The van der Waals surface area contributed by atoms with Crippen LogP contribution in [0.3, 0.4) is 0 Å². The van der Waals surface area contributed by atoms with Crippen LogP contribution in [0.2, 0.25) is 0 Å². The Kier molecular flexibility index (Phi) is 60.1. The van der Waals surface area contributed by atoms with E-state index in [0.717, 1.165) is 213 Å². The quantitative estimate of drug-likeness (QED) is 0.00933. The molecule has 30 heteroatoms. The Morgan fingerprint density at radius 3 is 1.25 bits per heavy atom. The summed E-state index contributed by atoms with van der Waals surface area (Å²) in [7, 11) is 8.16. The molecule has 0 saturated carbocycles. The van der Waals surface area contributed by atoms with Gasteiger partial charge in [-0.1, -0.05) is 170 Å². The number of furan rings is 3. The van der Waals surface area contributed by atoms with Crippen LogP contribution in [0.4, 0.5) is 14.4 Å². The van der Waals surface area contributed by atoms with Gasteiger partial charge in [0.25, 0.3) is 5.91 Å². The zero-order valence-corrected chi connectivity index (χ0v) is 104. The van der Waals surface area contributed by atoms with Gasteiger partial charge in [0.15, 0.2) is 5.78 Å². The molecule has 0 bridgehead atoms. The number of hydrogen-bond acceptors (Lipinski definition) is 20. The van der Waals surface area contributed by atoms with E-state index in [1.165, 1.54) is 18.6 Å². The molecule has 0 aliphatic carbocycles. The van der Waals surface area contributed by atoms with Gasteiger partial charge in [-0.15, -0.1) is 12.3 Å². The van der Waals surface area contributed by atoms with Crippen molar-refractivity contribution in [3.05, 3.63) is 176 Å². The molecule has 3 aromatic heterocycles. The number of carbonyl (C=O) groups excluding carboxylic acids is 5. The minimum absolute atomic E-state index is 0. The monoisotopic (exact) mass is 2300 g/mol. The van der Waals surface area contributed by atoms with Gasteiger partial charge in [0.05, 0.1) is 43.2 Å². The molecule has 7 atom stereocenters. The predicted octanol–water partition coefficient (Wildman–Crippen LogP) is 23.2. The fraction of sp³-hybridized carbons (Fsp3) is 0.625. The molecule has 24 nitrogen and oxygen atoms in total. The van der Waals surface area contributed by atoms with Crippen LogP contribution in [0.25, 0.3) is 32.9 Å². The van der Waals surface area contributed by atoms with Gasteiger partial charge in [0, 0.05) is 167 Å². The second kappa shape index (κ2) is 64.5. The first-order valence-electron chi connectivity index (χ1n) is 52.7. The number of hydrogen-bond donors (Lipinski definition) is 4. The van der Waals surface area contributed by atoms with Crippen molar-refractivity contribution in [2.24, 2.45) is 34.5 Å². The van der Waals surface area contributed by atoms with E-state index in [4.69, 9.17) is 62.8 Å². The molecule has 8 heterocycles. The van der Waals surface area contributed by atoms with Gasteiger partial charge >= 0.3 is 60.2 Å². The molecular formula is C120H182Br3ClLiMgN5O19. The summed E-state index contributed by atoms with van der Waals surface area (Å²) >= 11 is 9.82. The molecule has 4 N–H and O–H groups in total. The number of phenols is 1. The van der Waals surface area contributed by atoms with E-state index in [0.29, 0.717) is 66.8 Å². The number of aliphatic hydroxyl groups is 2. The van der Waals surface area contributed by atoms with Gasteiger partial charge in [0.1, 0.15) is 68.4 Å². The van der Waals surface area contributed by atoms with Crippen LogP contribution in [0.1, 0.15) is 333 Å². The summed E-state index contributed by atoms with van der Waals surface area (Å²) in [5.74, 6) is 6.09. The van der Waals surface area contributed by atoms with Crippen molar-refractivity contribution >= 4 is 134 Å². The SMILES string of the molecule is C#CC(C)(C)C.CC(C)(C)OC(=O)N1CCC[C@@H](C(=O)c2cccc3c2OC(C(C)(C)C)C3)C1.CC(C)(C)c1cc2cccc(Br)c2o1.COCCCC[C@@](O)(c1cccc2cc(C(C)(C)C)oc12)[C@@H]1CCCN(C(=O)OC(C)(C)C)C1.COCCCC[C@@](O)(c1cccc2cc(C(C)(C)C)oc12)[C@@H]1CCCNC1.CON(C)C(=O)[C@@H]1CCCN(C(=O)OC(C)(C)C)C1.Oc1c(Br)cccc1Br.[CH2-]CCC.[CH2-]CCCOC.[Cl-].[Li+].[Mg+2]. The van der Waals surface area contributed by atoms with Crippen molar-refractivity contribution in [3.63, 3.8) is 0 Å². The number of aromatic hydroxyl groups is 1. The molecular weight excluding hydrogens is 2120 g/mol. The van der Waals surface area contributed by atoms with Crippen LogP contribution in [0.5, 0.6) is 11.5 Å². The van der Waals surface area contributed by atoms with Gasteiger partial charge in [-0.25, -0.2) is 19.4 Å². The third kappa shape index (κ3) is 45.7. The number of halogens is 4. The Balaban J connectivity index is 0.000000605. The van der Waals surface area contributed by atoms with Crippen LogP contribution in [0.15, 0.2) is 136 Å². The second-order valence-corrected chi connectivity index (χ2v) is 49.7. The van der Waals surface area contributed by atoms with Crippen LogP contribution < -0.4 is 41.3 Å². The van der Waals surface area contributed by atoms with Gasteiger partial charge in [-0.05, 0) is 281 Å². The van der Waals surface area contributed by atoms with Crippen LogP contribution >= 0.6 is 47.8 Å². The number of methoxy groups -OCH3 is 3. The van der Waals surface area contributed by atoms with Crippen molar-refractivity contribution in [2.45, 2.75) is 345 Å². The Bertz CT molecular complexity index is 5380. The van der Waals surface area contributed by atoms with E-state index in [-0.39, 0.29) is 147 Å². The fourth-order valence-electron chi connectivity index (χ4n) is 17.1. The first kappa shape index (κ1) is 140. The number of nitrogens with one attached hydrogen (secondary N) is 1. The molecule has 8 aromatic rings. The summed E-state index contributed by atoms with van der Waals surface area (Å²) in [6, 6.07) is 35.9. The largest absolute Gasteiger partial charge is 2.00 e. The average Bonchev–Trinajstić information content (AvgIpc) is 1.40. The number of terminal acetylenes is 1. The minimum atomic E-state index is -1.12. The fourth-order valence-corrected chi connectivity index (χ4v) is 18.5. The third-order valence-electron chi connectivity index (χ3n) is 25.5. The van der Waals surface area contributed by atoms with Crippen molar-refractivity contribution < 1.29 is 122 Å². The smallest absolute Gasteiger partial charge is 1.00 e. The summed E-state index contributed by atoms with van der Waals surface area (Å²) in [6.07, 6.45) is 21.1. The Morgan fingerprint density at radius 2 is 0.880 bits per heavy atom. The maximum absolute atomic E-state index is 13.3. The molecule has 4 amide bonds. The molecule has 13 rings (SSSR count). The molecule has 832 valence electrons. The maximum atomic E-state index is 13.3. The third-order valence-corrected chi connectivity index (χ3v) is 27.4. The molecule has 4 saturated heterocycles. The number of likely N-dealkylation sites (tertiary alicyclic amines) is 3. The van der Waals surface area contributed by atoms with Crippen LogP contribution in [0, 0.1) is 60.7 Å². The van der Waals surface area contributed by atoms with Gasteiger partial charge in [-0.2, -0.15) is 12.8 Å². The number of hydroxylamine groups is 2. The van der Waals surface area contributed by atoms with E-state index < -0.39 is 28.0 Å². The van der Waals surface area contributed by atoms with E-state index in [1.54, 1.807) is 55.2 Å². The number of carbonyl (C=O) groups is 5. The number of ether oxygens (including phenoxy) is 7. The second-order valence-electron chi connectivity index (χ2n) is 47.1. The molecule has 0 radical (unpaired) electrons. The normalized spacial score (nSPS) is 17.5. The van der Waals surface area contributed by atoms with E-state index in [9.17, 15) is 34.2 Å². The molecule has 5 aromatic carbocycles. The first-order valence-corrected chi connectivity index (χ1v) is 55.0. The average molecular weight is 2310 g/mol. The summed E-state index contributed by atoms with van der Waals surface area (Å²) in [6.45, 7) is 65.1. The van der Waals surface area contributed by atoms with Crippen LogP contribution in [-0.4, -0.2) is 219 Å². The number of ketones is 1. The topological polar surface area (TPSA) is 284 Å². The van der Waals surface area contributed by atoms with Gasteiger partial charge in [-0.3, -0.25) is 14.4 Å². The molecule has 0 spiro atoms. The summed E-state index contributed by atoms with van der Waals surface area (Å²) in [4.78, 5) is 72.5. The molecule has 150 heavy (non-hydrogen) atoms.